The van der Waals surface area contributed by atoms with Gasteiger partial charge in [0.1, 0.15) is 11.5 Å². The average molecular weight is 261 g/mol. The lowest BCUT2D eigenvalue weighted by Gasteiger charge is -2.07. The van der Waals surface area contributed by atoms with Gasteiger partial charge in [-0.1, -0.05) is 25.5 Å². The number of benzene rings is 1. The molecule has 1 aromatic heterocycles. The number of hydrogen-bond donors (Lipinski definition) is 1. The lowest BCUT2D eigenvalue weighted by molar-refractivity contribution is 0.607. The summed E-state index contributed by atoms with van der Waals surface area (Å²) in [4.78, 5) is 0. The van der Waals surface area contributed by atoms with E-state index in [1.54, 1.807) is 23.0 Å². The molecular weight excluding hydrogens is 241 g/mol. The minimum absolute atomic E-state index is 0.251. The standard InChI is InChI=1S/C15H20FN3/c1-3-4-9-17-10-13-11-18-19(12(13)2)15-8-6-5-7-14(15)16/h5-8,11,17H,3-4,9-10H2,1-2H3. The van der Waals surface area contributed by atoms with Gasteiger partial charge in [-0.2, -0.15) is 5.10 Å². The normalized spacial score (nSPS) is 10.9. The van der Waals surface area contributed by atoms with Crippen molar-refractivity contribution in [3.05, 3.63) is 47.5 Å². The SMILES string of the molecule is CCCCNCc1cnn(-c2ccccc2F)c1C. The molecule has 0 fully saturated rings. The van der Waals surface area contributed by atoms with Crippen LogP contribution in [0.1, 0.15) is 31.0 Å². The van der Waals surface area contributed by atoms with Gasteiger partial charge < -0.3 is 5.32 Å². The Hall–Kier alpha value is -1.68. The van der Waals surface area contributed by atoms with Crippen LogP contribution in [0.5, 0.6) is 0 Å². The molecule has 0 spiro atoms. The smallest absolute Gasteiger partial charge is 0.148 e. The minimum atomic E-state index is -0.251. The second-order valence-corrected chi connectivity index (χ2v) is 4.65. The van der Waals surface area contributed by atoms with Gasteiger partial charge in [-0.05, 0) is 32.0 Å². The third kappa shape index (κ3) is 3.20. The van der Waals surface area contributed by atoms with E-state index in [9.17, 15) is 4.39 Å². The molecule has 2 aromatic rings. The first kappa shape index (κ1) is 13.7. The van der Waals surface area contributed by atoms with Crippen molar-refractivity contribution in [1.29, 1.82) is 0 Å². The van der Waals surface area contributed by atoms with E-state index in [2.05, 4.69) is 17.3 Å². The lowest BCUT2D eigenvalue weighted by Crippen LogP contribution is -2.15. The van der Waals surface area contributed by atoms with Crippen LogP contribution in [0.25, 0.3) is 5.69 Å². The molecule has 1 N–H and O–H groups in total. The molecule has 0 saturated heterocycles. The second kappa shape index (κ2) is 6.48. The number of para-hydroxylation sites is 1. The molecule has 0 bridgehead atoms. The summed E-state index contributed by atoms with van der Waals surface area (Å²) < 4.78 is 15.4. The molecular formula is C15H20FN3. The average Bonchev–Trinajstić information content (AvgIpc) is 2.77. The molecule has 102 valence electrons. The second-order valence-electron chi connectivity index (χ2n) is 4.65. The van der Waals surface area contributed by atoms with Gasteiger partial charge in [-0.25, -0.2) is 9.07 Å². The molecule has 0 atom stereocenters. The lowest BCUT2D eigenvalue weighted by atomic mass is 10.2. The van der Waals surface area contributed by atoms with Crippen LogP contribution in [0.2, 0.25) is 0 Å². The molecule has 0 aliphatic heterocycles. The Balaban J connectivity index is 2.12. The van der Waals surface area contributed by atoms with Crippen molar-refractivity contribution in [2.24, 2.45) is 0 Å². The highest BCUT2D eigenvalue weighted by molar-refractivity contribution is 5.36. The largest absolute Gasteiger partial charge is 0.313 e. The number of rotatable bonds is 6. The Morgan fingerprint density at radius 1 is 1.32 bits per heavy atom. The van der Waals surface area contributed by atoms with E-state index in [-0.39, 0.29) is 5.82 Å². The highest BCUT2D eigenvalue weighted by Gasteiger charge is 2.10. The number of aromatic nitrogens is 2. The van der Waals surface area contributed by atoms with Crippen molar-refractivity contribution in [2.45, 2.75) is 33.2 Å². The van der Waals surface area contributed by atoms with Crippen molar-refractivity contribution < 1.29 is 4.39 Å². The van der Waals surface area contributed by atoms with Gasteiger partial charge in [-0.15, -0.1) is 0 Å². The Labute approximate surface area is 113 Å². The zero-order valence-corrected chi connectivity index (χ0v) is 11.5. The van der Waals surface area contributed by atoms with Crippen LogP contribution in [0.15, 0.2) is 30.5 Å². The number of halogens is 1. The number of unbranched alkanes of at least 4 members (excludes halogenated alkanes) is 1. The molecule has 0 amide bonds. The van der Waals surface area contributed by atoms with Gasteiger partial charge in [0.05, 0.1) is 6.20 Å². The summed E-state index contributed by atoms with van der Waals surface area (Å²) in [5.41, 5.74) is 2.59. The number of nitrogens with one attached hydrogen (secondary N) is 1. The van der Waals surface area contributed by atoms with Crippen LogP contribution >= 0.6 is 0 Å². The molecule has 1 heterocycles. The predicted octanol–water partition coefficient (Wildman–Crippen LogP) is 3.21. The molecule has 1 aromatic carbocycles. The summed E-state index contributed by atoms with van der Waals surface area (Å²) in [7, 11) is 0. The van der Waals surface area contributed by atoms with E-state index in [0.717, 1.165) is 24.3 Å². The van der Waals surface area contributed by atoms with Gasteiger partial charge in [-0.3, -0.25) is 0 Å². The van der Waals surface area contributed by atoms with E-state index in [1.807, 2.05) is 13.0 Å². The fourth-order valence-electron chi connectivity index (χ4n) is 2.01. The Bertz CT molecular complexity index is 534. The van der Waals surface area contributed by atoms with Crippen LogP contribution < -0.4 is 5.32 Å². The summed E-state index contributed by atoms with van der Waals surface area (Å²) in [6.45, 7) is 5.92. The monoisotopic (exact) mass is 261 g/mol. The summed E-state index contributed by atoms with van der Waals surface area (Å²) >= 11 is 0. The Kier molecular flexibility index (Phi) is 4.68. The van der Waals surface area contributed by atoms with Gasteiger partial charge >= 0.3 is 0 Å². The molecule has 2 rings (SSSR count). The quantitative estimate of drug-likeness (QED) is 0.809. The number of nitrogens with zero attached hydrogens (tertiary/aromatic N) is 2. The maximum Gasteiger partial charge on any atom is 0.148 e. The summed E-state index contributed by atoms with van der Waals surface area (Å²) in [5, 5.41) is 7.66. The van der Waals surface area contributed by atoms with Gasteiger partial charge in [0.2, 0.25) is 0 Å². The Morgan fingerprint density at radius 2 is 2.11 bits per heavy atom. The maximum absolute atomic E-state index is 13.7. The molecule has 19 heavy (non-hydrogen) atoms. The van der Waals surface area contributed by atoms with Gasteiger partial charge in [0.25, 0.3) is 0 Å². The molecule has 0 saturated carbocycles. The van der Waals surface area contributed by atoms with E-state index >= 15 is 0 Å². The first-order chi connectivity index (χ1) is 9.24. The highest BCUT2D eigenvalue weighted by Crippen LogP contribution is 2.16. The zero-order valence-electron chi connectivity index (χ0n) is 11.5. The molecule has 3 nitrogen and oxygen atoms in total. The topological polar surface area (TPSA) is 29.9 Å². The van der Waals surface area contributed by atoms with E-state index in [4.69, 9.17) is 0 Å². The molecule has 0 unspecified atom stereocenters. The Morgan fingerprint density at radius 3 is 2.84 bits per heavy atom. The fourth-order valence-corrected chi connectivity index (χ4v) is 2.01. The van der Waals surface area contributed by atoms with Crippen LogP contribution in [0, 0.1) is 12.7 Å². The van der Waals surface area contributed by atoms with Crippen LogP contribution in [0.4, 0.5) is 4.39 Å². The fraction of sp³-hybridized carbons (Fsp3) is 0.400. The maximum atomic E-state index is 13.7. The summed E-state index contributed by atoms with van der Waals surface area (Å²) in [6, 6.07) is 6.70. The van der Waals surface area contributed by atoms with Crippen molar-refractivity contribution in [3.8, 4) is 5.69 Å². The zero-order chi connectivity index (χ0) is 13.7. The van der Waals surface area contributed by atoms with Gasteiger partial charge in [0, 0.05) is 17.8 Å². The van der Waals surface area contributed by atoms with Crippen molar-refractivity contribution in [2.75, 3.05) is 6.54 Å². The summed E-state index contributed by atoms with van der Waals surface area (Å²) in [5.74, 6) is -0.251. The van der Waals surface area contributed by atoms with Crippen molar-refractivity contribution in [1.82, 2.24) is 15.1 Å². The first-order valence-electron chi connectivity index (χ1n) is 6.73. The van der Waals surface area contributed by atoms with Crippen LogP contribution in [-0.4, -0.2) is 16.3 Å². The molecule has 0 aliphatic carbocycles. The third-order valence-corrected chi connectivity index (χ3v) is 3.21. The van der Waals surface area contributed by atoms with E-state index in [0.29, 0.717) is 5.69 Å². The van der Waals surface area contributed by atoms with Crippen LogP contribution in [0.3, 0.4) is 0 Å². The predicted molar refractivity (Wildman–Crippen MR) is 74.9 cm³/mol. The number of hydrogen-bond acceptors (Lipinski definition) is 2. The van der Waals surface area contributed by atoms with Gasteiger partial charge in [0.15, 0.2) is 0 Å². The van der Waals surface area contributed by atoms with Crippen LogP contribution in [-0.2, 0) is 6.54 Å². The summed E-state index contributed by atoms with van der Waals surface area (Å²) in [6.07, 6.45) is 4.15. The minimum Gasteiger partial charge on any atom is -0.313 e. The van der Waals surface area contributed by atoms with Crippen molar-refractivity contribution >= 4 is 0 Å². The van der Waals surface area contributed by atoms with E-state index < -0.39 is 0 Å². The first-order valence-corrected chi connectivity index (χ1v) is 6.73. The molecule has 0 aliphatic rings. The van der Waals surface area contributed by atoms with Crippen molar-refractivity contribution in [3.63, 3.8) is 0 Å². The third-order valence-electron chi connectivity index (χ3n) is 3.21. The molecule has 0 radical (unpaired) electrons. The molecule has 4 heteroatoms. The highest BCUT2D eigenvalue weighted by atomic mass is 19.1. The van der Waals surface area contributed by atoms with E-state index in [1.165, 1.54) is 18.9 Å².